The molecule has 0 aliphatic heterocycles. The van der Waals surface area contributed by atoms with Gasteiger partial charge in [-0.15, -0.1) is 0 Å². The predicted molar refractivity (Wildman–Crippen MR) is 44.0 cm³/mol. The molecule has 0 saturated carbocycles. The van der Waals surface area contributed by atoms with Crippen molar-refractivity contribution in [1.82, 2.24) is 4.98 Å². The second-order valence-corrected chi connectivity index (χ2v) is 2.29. The number of carbonyl (C=O) groups excluding carboxylic acids is 1. The van der Waals surface area contributed by atoms with Gasteiger partial charge in [0, 0.05) is 12.4 Å². The van der Waals surface area contributed by atoms with E-state index in [9.17, 15) is 4.79 Å². The Morgan fingerprint density at radius 2 is 2.09 bits per heavy atom. The first kappa shape index (κ1) is 7.66. The Morgan fingerprint density at radius 3 is 2.64 bits per heavy atom. The number of hydrogen-bond acceptors (Lipinski definition) is 2. The molecular weight excluding hydrogens is 138 g/mol. The van der Waals surface area contributed by atoms with Crippen LogP contribution >= 0.6 is 0 Å². The van der Waals surface area contributed by atoms with Crippen molar-refractivity contribution in [3.05, 3.63) is 35.7 Å². The van der Waals surface area contributed by atoms with Gasteiger partial charge in [0.25, 0.3) is 0 Å². The first-order valence-corrected chi connectivity index (χ1v) is 3.36. The van der Waals surface area contributed by atoms with Gasteiger partial charge in [0.1, 0.15) is 6.29 Å². The molecule has 0 atom stereocenters. The Hall–Kier alpha value is -1.44. The Balaban J connectivity index is 2.87. The van der Waals surface area contributed by atoms with Gasteiger partial charge >= 0.3 is 0 Å². The van der Waals surface area contributed by atoms with Gasteiger partial charge in [0.2, 0.25) is 0 Å². The van der Waals surface area contributed by atoms with Gasteiger partial charge < -0.3 is 0 Å². The minimum atomic E-state index is 0.719. The van der Waals surface area contributed by atoms with Crippen LogP contribution in [-0.4, -0.2) is 11.3 Å². The molecule has 0 aromatic carbocycles. The Labute approximate surface area is 65.6 Å². The highest BCUT2D eigenvalue weighted by Gasteiger charge is 1.86. The van der Waals surface area contributed by atoms with Gasteiger partial charge in [0.15, 0.2) is 0 Å². The van der Waals surface area contributed by atoms with Crippen molar-refractivity contribution in [2.75, 3.05) is 0 Å². The summed E-state index contributed by atoms with van der Waals surface area (Å²) < 4.78 is 0. The molecule has 0 N–H and O–H groups in total. The molecule has 0 fully saturated rings. The summed E-state index contributed by atoms with van der Waals surface area (Å²) in [5, 5.41) is 0. The summed E-state index contributed by atoms with van der Waals surface area (Å²) in [6.45, 7) is 1.77. The Kier molecular flexibility index (Phi) is 2.55. The van der Waals surface area contributed by atoms with E-state index in [1.54, 1.807) is 19.3 Å². The van der Waals surface area contributed by atoms with Crippen LogP contribution in [0, 0.1) is 0 Å². The Bertz CT molecular complexity index is 264. The molecule has 2 heteroatoms. The van der Waals surface area contributed by atoms with E-state index in [0.717, 1.165) is 17.4 Å². The molecular formula is C9H9NO. The van der Waals surface area contributed by atoms with Crippen molar-refractivity contribution in [1.29, 1.82) is 0 Å². The molecule has 1 aromatic rings. The summed E-state index contributed by atoms with van der Waals surface area (Å²) in [4.78, 5) is 14.1. The van der Waals surface area contributed by atoms with E-state index in [4.69, 9.17) is 0 Å². The number of aldehydes is 1. The SMILES string of the molecule is CC(C=O)=Cc1ccncc1. The van der Waals surface area contributed by atoms with Crippen molar-refractivity contribution < 1.29 is 4.79 Å². The van der Waals surface area contributed by atoms with Crippen molar-refractivity contribution in [3.63, 3.8) is 0 Å². The van der Waals surface area contributed by atoms with Crippen molar-refractivity contribution in [3.8, 4) is 0 Å². The largest absolute Gasteiger partial charge is 0.298 e. The average molecular weight is 147 g/mol. The van der Waals surface area contributed by atoms with E-state index >= 15 is 0 Å². The number of allylic oxidation sites excluding steroid dienone is 1. The first-order chi connectivity index (χ1) is 5.33. The van der Waals surface area contributed by atoms with Crippen LogP contribution < -0.4 is 0 Å². The van der Waals surface area contributed by atoms with E-state index in [2.05, 4.69) is 4.98 Å². The zero-order valence-electron chi connectivity index (χ0n) is 6.32. The molecule has 0 aliphatic rings. The molecule has 0 saturated heterocycles. The first-order valence-electron chi connectivity index (χ1n) is 3.36. The maximum Gasteiger partial charge on any atom is 0.145 e. The smallest absolute Gasteiger partial charge is 0.145 e. The number of carbonyl (C=O) groups is 1. The molecule has 11 heavy (non-hydrogen) atoms. The standard InChI is InChI=1S/C9H9NO/c1-8(7-11)6-9-2-4-10-5-3-9/h2-7H,1H3. The van der Waals surface area contributed by atoms with Crippen LogP contribution in [0.2, 0.25) is 0 Å². The van der Waals surface area contributed by atoms with E-state index < -0.39 is 0 Å². The number of hydrogen-bond donors (Lipinski definition) is 0. The molecule has 2 nitrogen and oxygen atoms in total. The highest BCUT2D eigenvalue weighted by atomic mass is 16.1. The van der Waals surface area contributed by atoms with Gasteiger partial charge in [-0.25, -0.2) is 0 Å². The lowest BCUT2D eigenvalue weighted by atomic mass is 10.2. The summed E-state index contributed by atoms with van der Waals surface area (Å²) in [5.41, 5.74) is 1.72. The lowest BCUT2D eigenvalue weighted by Gasteiger charge is -1.90. The van der Waals surface area contributed by atoms with Crippen molar-refractivity contribution in [2.24, 2.45) is 0 Å². The highest BCUT2D eigenvalue weighted by Crippen LogP contribution is 2.02. The summed E-state index contributed by atoms with van der Waals surface area (Å²) in [6.07, 6.45) is 6.04. The molecule has 1 rings (SSSR count). The van der Waals surface area contributed by atoms with Crippen LogP contribution in [0.3, 0.4) is 0 Å². The Morgan fingerprint density at radius 1 is 1.45 bits per heavy atom. The third kappa shape index (κ3) is 2.34. The van der Waals surface area contributed by atoms with Crippen molar-refractivity contribution >= 4 is 12.4 Å². The third-order valence-corrected chi connectivity index (χ3v) is 1.29. The van der Waals surface area contributed by atoms with Gasteiger partial charge in [-0.05, 0) is 36.3 Å². The number of nitrogens with zero attached hydrogens (tertiary/aromatic N) is 1. The molecule has 56 valence electrons. The molecule has 0 unspecified atom stereocenters. The van der Waals surface area contributed by atoms with E-state index in [-0.39, 0.29) is 0 Å². The minimum Gasteiger partial charge on any atom is -0.298 e. The van der Waals surface area contributed by atoms with Gasteiger partial charge in [-0.2, -0.15) is 0 Å². The quantitative estimate of drug-likeness (QED) is 0.470. The predicted octanol–water partition coefficient (Wildman–Crippen LogP) is 1.68. The van der Waals surface area contributed by atoms with Crippen LogP contribution in [0.15, 0.2) is 30.1 Å². The lowest BCUT2D eigenvalue weighted by Crippen LogP contribution is -1.77. The second-order valence-electron chi connectivity index (χ2n) is 2.29. The minimum absolute atomic E-state index is 0.719. The van der Waals surface area contributed by atoms with Crippen LogP contribution in [0.1, 0.15) is 12.5 Å². The zero-order valence-corrected chi connectivity index (χ0v) is 6.32. The maximum atomic E-state index is 10.2. The average Bonchev–Trinajstić information content (AvgIpc) is 2.06. The van der Waals surface area contributed by atoms with Crippen LogP contribution in [0.4, 0.5) is 0 Å². The molecule has 0 radical (unpaired) electrons. The highest BCUT2D eigenvalue weighted by molar-refractivity contribution is 5.80. The zero-order chi connectivity index (χ0) is 8.10. The van der Waals surface area contributed by atoms with Crippen LogP contribution in [0.5, 0.6) is 0 Å². The fourth-order valence-electron chi connectivity index (χ4n) is 0.757. The van der Waals surface area contributed by atoms with E-state index in [1.165, 1.54) is 0 Å². The third-order valence-electron chi connectivity index (χ3n) is 1.29. The van der Waals surface area contributed by atoms with Gasteiger partial charge in [-0.1, -0.05) is 0 Å². The van der Waals surface area contributed by atoms with Crippen LogP contribution in [-0.2, 0) is 4.79 Å². The normalized spacial score (nSPS) is 11.2. The fourth-order valence-corrected chi connectivity index (χ4v) is 0.757. The second kappa shape index (κ2) is 3.66. The van der Waals surface area contributed by atoms with E-state index in [0.29, 0.717) is 0 Å². The monoisotopic (exact) mass is 147 g/mol. The molecule has 0 spiro atoms. The molecule has 1 heterocycles. The topological polar surface area (TPSA) is 30.0 Å². The fraction of sp³-hybridized carbons (Fsp3) is 0.111. The number of pyridine rings is 1. The molecule has 0 bridgehead atoms. The maximum absolute atomic E-state index is 10.2. The van der Waals surface area contributed by atoms with E-state index in [1.807, 2.05) is 18.2 Å². The number of aromatic nitrogens is 1. The summed E-state index contributed by atoms with van der Waals surface area (Å²) in [7, 11) is 0. The summed E-state index contributed by atoms with van der Waals surface area (Å²) in [5.74, 6) is 0. The molecule has 0 aliphatic carbocycles. The van der Waals surface area contributed by atoms with Crippen LogP contribution in [0.25, 0.3) is 6.08 Å². The summed E-state index contributed by atoms with van der Waals surface area (Å²) >= 11 is 0. The molecule has 0 amide bonds. The van der Waals surface area contributed by atoms with Gasteiger partial charge in [-0.3, -0.25) is 9.78 Å². The summed E-state index contributed by atoms with van der Waals surface area (Å²) in [6, 6.07) is 3.71. The number of rotatable bonds is 2. The van der Waals surface area contributed by atoms with Gasteiger partial charge in [0.05, 0.1) is 0 Å². The van der Waals surface area contributed by atoms with Crippen molar-refractivity contribution in [2.45, 2.75) is 6.92 Å². The lowest BCUT2D eigenvalue weighted by molar-refractivity contribution is -0.104. The molecule has 1 aromatic heterocycles.